The zero-order valence-corrected chi connectivity index (χ0v) is 12.1. The van der Waals surface area contributed by atoms with Gasteiger partial charge in [0.05, 0.1) is 20.3 Å². The summed E-state index contributed by atoms with van der Waals surface area (Å²) >= 11 is 0. The molecule has 7 heteroatoms. The molecule has 0 aliphatic carbocycles. The zero-order valence-electron chi connectivity index (χ0n) is 12.1. The summed E-state index contributed by atoms with van der Waals surface area (Å²) in [7, 11) is 4.09. The van der Waals surface area contributed by atoms with Crippen LogP contribution in [0.4, 0.5) is 0 Å². The van der Waals surface area contributed by atoms with Crippen molar-refractivity contribution < 1.29 is 33.3 Å². The van der Waals surface area contributed by atoms with Gasteiger partial charge in [-0.2, -0.15) is 0 Å². The molecule has 20 heavy (non-hydrogen) atoms. The summed E-state index contributed by atoms with van der Waals surface area (Å²) in [4.78, 5) is 23.7. The third kappa shape index (κ3) is 1.81. The van der Waals surface area contributed by atoms with Crippen LogP contribution in [0.25, 0.3) is 0 Å². The third-order valence-electron chi connectivity index (χ3n) is 4.02. The van der Waals surface area contributed by atoms with Gasteiger partial charge >= 0.3 is 11.9 Å². The summed E-state index contributed by atoms with van der Waals surface area (Å²) in [6.07, 6.45) is 1.16. The molecule has 2 aliphatic rings. The Labute approximate surface area is 116 Å². The number of hydrogen-bond acceptors (Lipinski definition) is 7. The van der Waals surface area contributed by atoms with Crippen molar-refractivity contribution in [3.05, 3.63) is 11.8 Å². The molecule has 0 radical (unpaired) electrons. The molecule has 0 saturated carbocycles. The van der Waals surface area contributed by atoms with Gasteiger partial charge in [-0.3, -0.25) is 4.79 Å². The van der Waals surface area contributed by atoms with Crippen LogP contribution >= 0.6 is 0 Å². The van der Waals surface area contributed by atoms with Crippen LogP contribution in [0.2, 0.25) is 0 Å². The highest BCUT2D eigenvalue weighted by Crippen LogP contribution is 2.53. The summed E-state index contributed by atoms with van der Waals surface area (Å²) in [5.74, 6) is -5.10. The Balaban J connectivity index is 2.53. The van der Waals surface area contributed by atoms with Crippen molar-refractivity contribution in [2.24, 2.45) is 11.8 Å². The van der Waals surface area contributed by atoms with Gasteiger partial charge in [-0.25, -0.2) is 4.79 Å². The molecule has 0 aromatic heterocycles. The van der Waals surface area contributed by atoms with Crippen LogP contribution < -0.4 is 0 Å². The molecule has 0 amide bonds. The maximum absolute atomic E-state index is 12.1. The summed E-state index contributed by atoms with van der Waals surface area (Å²) < 4.78 is 26.4. The van der Waals surface area contributed by atoms with Crippen LogP contribution in [0.15, 0.2) is 11.8 Å². The normalized spacial score (nSPS) is 39.6. The standard InChI is InChI=1S/C13H18O7/c1-7-10(11(15)17-4)13(20-12(7,2)18-5)8(16-3)6-9(14)19-13/h6-7,10H,1-5H3/t7-,10+,12+,13+/m1/s1. The number of methoxy groups -OCH3 is 3. The van der Waals surface area contributed by atoms with Crippen LogP contribution in [-0.2, 0) is 33.3 Å². The number of esters is 2. The zero-order chi connectivity index (χ0) is 15.1. The van der Waals surface area contributed by atoms with E-state index in [0.717, 1.165) is 6.08 Å². The highest BCUT2D eigenvalue weighted by atomic mass is 16.8. The Morgan fingerprint density at radius 3 is 2.50 bits per heavy atom. The van der Waals surface area contributed by atoms with E-state index in [1.807, 2.05) is 0 Å². The molecule has 7 nitrogen and oxygen atoms in total. The first-order valence-electron chi connectivity index (χ1n) is 6.17. The van der Waals surface area contributed by atoms with Crippen LogP contribution in [0, 0.1) is 11.8 Å². The largest absolute Gasteiger partial charge is 0.494 e. The summed E-state index contributed by atoms with van der Waals surface area (Å²) in [6.45, 7) is 3.43. The van der Waals surface area contributed by atoms with Gasteiger partial charge in [-0.15, -0.1) is 0 Å². The van der Waals surface area contributed by atoms with E-state index >= 15 is 0 Å². The minimum Gasteiger partial charge on any atom is -0.494 e. The molecule has 2 rings (SSSR count). The molecule has 2 aliphatic heterocycles. The molecule has 4 atom stereocenters. The number of ether oxygens (including phenoxy) is 5. The molecular weight excluding hydrogens is 268 g/mol. The molecule has 0 unspecified atom stereocenters. The Morgan fingerprint density at radius 2 is 2.00 bits per heavy atom. The van der Waals surface area contributed by atoms with Crippen molar-refractivity contribution in [3.63, 3.8) is 0 Å². The monoisotopic (exact) mass is 286 g/mol. The molecule has 112 valence electrons. The lowest BCUT2D eigenvalue weighted by Crippen LogP contribution is -2.44. The third-order valence-corrected chi connectivity index (χ3v) is 4.02. The topological polar surface area (TPSA) is 80.3 Å². The van der Waals surface area contributed by atoms with E-state index in [4.69, 9.17) is 23.7 Å². The van der Waals surface area contributed by atoms with Gasteiger partial charge in [0.2, 0.25) is 0 Å². The van der Waals surface area contributed by atoms with Crippen LogP contribution in [-0.4, -0.2) is 44.8 Å². The molecule has 2 heterocycles. The van der Waals surface area contributed by atoms with Crippen molar-refractivity contribution in [1.29, 1.82) is 0 Å². The van der Waals surface area contributed by atoms with Gasteiger partial charge in [0.15, 0.2) is 11.5 Å². The van der Waals surface area contributed by atoms with Gasteiger partial charge in [0.25, 0.3) is 5.79 Å². The van der Waals surface area contributed by atoms with Crippen molar-refractivity contribution in [1.82, 2.24) is 0 Å². The number of carbonyl (C=O) groups excluding carboxylic acids is 2. The molecule has 1 spiro atoms. The minimum absolute atomic E-state index is 0.130. The van der Waals surface area contributed by atoms with Gasteiger partial charge < -0.3 is 23.7 Å². The van der Waals surface area contributed by atoms with E-state index in [1.54, 1.807) is 13.8 Å². The van der Waals surface area contributed by atoms with E-state index in [1.165, 1.54) is 21.3 Å². The van der Waals surface area contributed by atoms with Crippen molar-refractivity contribution >= 4 is 11.9 Å². The van der Waals surface area contributed by atoms with Crippen molar-refractivity contribution in [2.45, 2.75) is 25.4 Å². The number of hydrogen-bond donors (Lipinski definition) is 0. The van der Waals surface area contributed by atoms with Crippen LogP contribution in [0.5, 0.6) is 0 Å². The molecule has 0 aromatic rings. The second kappa shape index (κ2) is 4.75. The predicted molar refractivity (Wildman–Crippen MR) is 65.1 cm³/mol. The van der Waals surface area contributed by atoms with E-state index < -0.39 is 35.3 Å². The SMILES string of the molecule is COC(=O)[C@@H]1[C@@H](C)[C@@](C)(OC)O[C@]12OC(=O)C=C2OC. The second-order valence-corrected chi connectivity index (χ2v) is 4.91. The van der Waals surface area contributed by atoms with E-state index in [0.29, 0.717) is 0 Å². The minimum atomic E-state index is -1.64. The first-order valence-corrected chi connectivity index (χ1v) is 6.17. The van der Waals surface area contributed by atoms with Gasteiger partial charge in [0.1, 0.15) is 5.92 Å². The van der Waals surface area contributed by atoms with Crippen molar-refractivity contribution in [2.75, 3.05) is 21.3 Å². The summed E-state index contributed by atoms with van der Waals surface area (Å²) in [6, 6.07) is 0. The molecule has 1 saturated heterocycles. The lowest BCUT2D eigenvalue weighted by molar-refractivity contribution is -0.294. The van der Waals surface area contributed by atoms with Crippen LogP contribution in [0.1, 0.15) is 13.8 Å². The number of rotatable bonds is 3. The lowest BCUT2D eigenvalue weighted by Gasteiger charge is -2.30. The first-order chi connectivity index (χ1) is 9.34. The highest BCUT2D eigenvalue weighted by Gasteiger charge is 2.69. The Kier molecular flexibility index (Phi) is 3.51. The molecular formula is C13H18O7. The van der Waals surface area contributed by atoms with Crippen molar-refractivity contribution in [3.8, 4) is 0 Å². The van der Waals surface area contributed by atoms with Gasteiger partial charge in [-0.05, 0) is 6.92 Å². The lowest BCUT2D eigenvalue weighted by atomic mass is 9.84. The van der Waals surface area contributed by atoms with E-state index in [2.05, 4.69) is 0 Å². The smallest absolute Gasteiger partial charge is 0.337 e. The van der Waals surface area contributed by atoms with Gasteiger partial charge in [-0.1, -0.05) is 6.92 Å². The van der Waals surface area contributed by atoms with E-state index in [9.17, 15) is 9.59 Å². The Bertz CT molecular complexity index is 471. The summed E-state index contributed by atoms with van der Waals surface area (Å²) in [5.41, 5.74) is 0. The highest BCUT2D eigenvalue weighted by molar-refractivity contribution is 5.88. The fraction of sp³-hybridized carbons (Fsp3) is 0.692. The molecule has 0 aromatic carbocycles. The maximum atomic E-state index is 12.1. The van der Waals surface area contributed by atoms with Crippen LogP contribution in [0.3, 0.4) is 0 Å². The maximum Gasteiger partial charge on any atom is 0.337 e. The molecule has 1 fully saturated rings. The fourth-order valence-corrected chi connectivity index (χ4v) is 2.73. The first kappa shape index (κ1) is 14.8. The average Bonchev–Trinajstić information content (AvgIpc) is 2.84. The van der Waals surface area contributed by atoms with E-state index in [-0.39, 0.29) is 5.76 Å². The average molecular weight is 286 g/mol. The quantitative estimate of drug-likeness (QED) is 0.702. The summed E-state index contributed by atoms with van der Waals surface area (Å²) in [5, 5.41) is 0. The number of carbonyl (C=O) groups is 2. The predicted octanol–water partition coefficient (Wildman–Crippen LogP) is 0.588. The van der Waals surface area contributed by atoms with Gasteiger partial charge in [0, 0.05) is 13.0 Å². The Hall–Kier alpha value is -1.60. The fourth-order valence-electron chi connectivity index (χ4n) is 2.73. The molecule has 0 N–H and O–H groups in total. The second-order valence-electron chi connectivity index (χ2n) is 4.91. The molecule has 0 bridgehead atoms. The Morgan fingerprint density at radius 1 is 1.35 bits per heavy atom.